The van der Waals surface area contributed by atoms with E-state index in [0.717, 1.165) is 16.4 Å². The molecule has 0 aliphatic carbocycles. The van der Waals surface area contributed by atoms with E-state index in [1.807, 2.05) is 20.8 Å². The Morgan fingerprint density at radius 1 is 0.952 bits per heavy atom. The smallest absolute Gasteiger partial charge is 0.264 e. The van der Waals surface area contributed by atoms with Gasteiger partial charge in [0, 0.05) is 18.1 Å². The lowest BCUT2D eigenvalue weighted by atomic mass is 10.1. The predicted octanol–water partition coefficient (Wildman–Crippen LogP) is 5.65. The Morgan fingerprint density at radius 3 is 2.12 bits per heavy atom. The third-order valence-electron chi connectivity index (χ3n) is 6.45. The summed E-state index contributed by atoms with van der Waals surface area (Å²) >= 11 is 6.05. The van der Waals surface area contributed by atoms with Gasteiger partial charge in [-0.15, -0.1) is 0 Å². The fourth-order valence-corrected chi connectivity index (χ4v) is 5.81. The minimum absolute atomic E-state index is 0.0456. The Morgan fingerprint density at radius 2 is 1.57 bits per heavy atom. The van der Waals surface area contributed by atoms with Crippen molar-refractivity contribution in [3.63, 3.8) is 0 Å². The number of anilines is 1. The first-order valence-electron chi connectivity index (χ1n) is 13.8. The fourth-order valence-electron chi connectivity index (χ4n) is 4.27. The van der Waals surface area contributed by atoms with E-state index >= 15 is 0 Å². The molecule has 3 rings (SSSR count). The van der Waals surface area contributed by atoms with Crippen LogP contribution in [-0.4, -0.2) is 50.9 Å². The molecule has 0 aliphatic heterocycles. The number of hydrogen-bond donors (Lipinski definition) is 1. The largest absolute Gasteiger partial charge is 0.494 e. The zero-order valence-corrected chi connectivity index (χ0v) is 25.8. The molecule has 8 nitrogen and oxygen atoms in total. The first kappa shape index (κ1) is 32.9. The van der Waals surface area contributed by atoms with Gasteiger partial charge >= 0.3 is 0 Å². The summed E-state index contributed by atoms with van der Waals surface area (Å²) in [6, 6.07) is 16.7. The molecule has 0 unspecified atom stereocenters. The molecule has 0 spiro atoms. The summed E-state index contributed by atoms with van der Waals surface area (Å²) in [5.74, 6) is -0.805. The number of nitrogens with zero attached hydrogens (tertiary/aromatic N) is 2. The molecule has 3 aromatic carbocycles. The second kappa shape index (κ2) is 15.0. The highest BCUT2D eigenvalue weighted by Crippen LogP contribution is 2.26. The van der Waals surface area contributed by atoms with Gasteiger partial charge in [-0.3, -0.25) is 13.9 Å². The van der Waals surface area contributed by atoms with Crippen LogP contribution in [0.1, 0.15) is 39.7 Å². The van der Waals surface area contributed by atoms with E-state index in [2.05, 4.69) is 5.32 Å². The highest BCUT2D eigenvalue weighted by Gasteiger charge is 2.33. The third-order valence-corrected chi connectivity index (χ3v) is 8.49. The van der Waals surface area contributed by atoms with Crippen LogP contribution in [0.4, 0.5) is 10.1 Å². The number of nitrogens with one attached hydrogen (secondary N) is 1. The van der Waals surface area contributed by atoms with Gasteiger partial charge in [0.05, 0.1) is 17.2 Å². The molecule has 0 fully saturated rings. The lowest BCUT2D eigenvalue weighted by Crippen LogP contribution is -2.52. The Bertz CT molecular complexity index is 1430. The lowest BCUT2D eigenvalue weighted by Gasteiger charge is -2.33. The number of carbonyl (C=O) groups is 2. The standard InChI is InChI=1S/C31H37ClFN3O5S/c1-5-29(31(38)34-19-22(3)4)35(20-23-7-9-24(32)10-8-23)30(37)21-36(26-13-11-25(33)12-14-26)42(39,40)28-17-15-27(16-18-28)41-6-2/h7-18,22,29H,5-6,19-21H2,1-4H3,(H,34,38)/t29-/m0/s1. The van der Waals surface area contributed by atoms with Crippen molar-refractivity contribution in [2.24, 2.45) is 5.92 Å². The van der Waals surface area contributed by atoms with Crippen molar-refractivity contribution in [1.82, 2.24) is 10.2 Å². The average Bonchev–Trinajstić information content (AvgIpc) is 2.96. The summed E-state index contributed by atoms with van der Waals surface area (Å²) in [5, 5.41) is 3.40. The first-order valence-corrected chi connectivity index (χ1v) is 15.6. The maximum Gasteiger partial charge on any atom is 0.264 e. The van der Waals surface area contributed by atoms with Gasteiger partial charge in [-0.05, 0) is 85.5 Å². The molecule has 42 heavy (non-hydrogen) atoms. The average molecular weight is 618 g/mol. The zero-order valence-electron chi connectivity index (χ0n) is 24.2. The molecule has 0 aromatic heterocycles. The van der Waals surface area contributed by atoms with Crippen LogP contribution in [0.15, 0.2) is 77.7 Å². The monoisotopic (exact) mass is 617 g/mol. The number of halogens is 2. The van der Waals surface area contributed by atoms with Crippen molar-refractivity contribution >= 4 is 39.1 Å². The highest BCUT2D eigenvalue weighted by molar-refractivity contribution is 7.92. The van der Waals surface area contributed by atoms with Crippen molar-refractivity contribution in [1.29, 1.82) is 0 Å². The van der Waals surface area contributed by atoms with Crippen molar-refractivity contribution in [3.8, 4) is 5.75 Å². The van der Waals surface area contributed by atoms with Gasteiger partial charge in [-0.25, -0.2) is 12.8 Å². The molecule has 0 radical (unpaired) electrons. The van der Waals surface area contributed by atoms with E-state index in [-0.39, 0.29) is 29.0 Å². The van der Waals surface area contributed by atoms with Gasteiger partial charge in [0.25, 0.3) is 10.0 Å². The van der Waals surface area contributed by atoms with Crippen LogP contribution in [0, 0.1) is 11.7 Å². The second-order valence-electron chi connectivity index (χ2n) is 10.1. The molecular formula is C31H37ClFN3O5S. The molecule has 0 bridgehead atoms. The highest BCUT2D eigenvalue weighted by atomic mass is 35.5. The van der Waals surface area contributed by atoms with Crippen LogP contribution < -0.4 is 14.4 Å². The summed E-state index contributed by atoms with van der Waals surface area (Å²) in [4.78, 5) is 28.6. The van der Waals surface area contributed by atoms with E-state index in [0.29, 0.717) is 35.9 Å². The zero-order chi connectivity index (χ0) is 30.9. The summed E-state index contributed by atoms with van der Waals surface area (Å²) in [6.45, 7) is 7.79. The number of benzene rings is 3. The molecule has 1 N–H and O–H groups in total. The SMILES string of the molecule is CCOc1ccc(S(=O)(=O)N(CC(=O)N(Cc2ccc(Cl)cc2)[C@@H](CC)C(=O)NCC(C)C)c2ccc(F)cc2)cc1. The van der Waals surface area contributed by atoms with Gasteiger partial charge < -0.3 is 15.0 Å². The summed E-state index contributed by atoms with van der Waals surface area (Å²) < 4.78 is 48.0. The van der Waals surface area contributed by atoms with Gasteiger partial charge in [-0.2, -0.15) is 0 Å². The van der Waals surface area contributed by atoms with Gasteiger partial charge in [0.1, 0.15) is 24.2 Å². The molecule has 2 amide bonds. The fraction of sp³-hybridized carbons (Fsp3) is 0.355. The van der Waals surface area contributed by atoms with Crippen molar-refractivity contribution in [2.75, 3.05) is 24.0 Å². The summed E-state index contributed by atoms with van der Waals surface area (Å²) in [7, 11) is -4.29. The molecule has 0 saturated carbocycles. The molecule has 0 heterocycles. The lowest BCUT2D eigenvalue weighted by molar-refractivity contribution is -0.140. The number of amides is 2. The minimum atomic E-state index is -4.29. The Kier molecular flexibility index (Phi) is 11.8. The topological polar surface area (TPSA) is 96.0 Å². The second-order valence-corrected chi connectivity index (χ2v) is 12.4. The number of sulfonamides is 1. The molecule has 3 aromatic rings. The van der Waals surface area contributed by atoms with E-state index in [1.54, 1.807) is 31.2 Å². The Labute approximate surface area is 252 Å². The van der Waals surface area contributed by atoms with Crippen LogP contribution >= 0.6 is 11.6 Å². The summed E-state index contributed by atoms with van der Waals surface area (Å²) in [6.07, 6.45) is 0.297. The Balaban J connectivity index is 2.03. The third kappa shape index (κ3) is 8.69. The first-order chi connectivity index (χ1) is 20.0. The molecular weight excluding hydrogens is 581 g/mol. The van der Waals surface area contributed by atoms with Crippen molar-refractivity contribution < 1.29 is 27.1 Å². The number of ether oxygens (including phenoxy) is 1. The van der Waals surface area contributed by atoms with E-state index in [1.165, 1.54) is 41.3 Å². The van der Waals surface area contributed by atoms with Gasteiger partial charge in [0.2, 0.25) is 11.8 Å². The number of hydrogen-bond acceptors (Lipinski definition) is 5. The normalized spacial score (nSPS) is 12.1. The summed E-state index contributed by atoms with van der Waals surface area (Å²) in [5.41, 5.74) is 0.813. The van der Waals surface area contributed by atoms with E-state index in [4.69, 9.17) is 16.3 Å². The molecule has 0 aliphatic rings. The maximum absolute atomic E-state index is 14.0. The Hall–Kier alpha value is -3.63. The minimum Gasteiger partial charge on any atom is -0.494 e. The van der Waals surface area contributed by atoms with Crippen molar-refractivity contribution in [3.05, 3.63) is 89.2 Å². The molecule has 1 atom stereocenters. The maximum atomic E-state index is 14.0. The molecule has 226 valence electrons. The quantitative estimate of drug-likeness (QED) is 0.252. The van der Waals surface area contributed by atoms with Crippen LogP contribution in [0.2, 0.25) is 5.02 Å². The van der Waals surface area contributed by atoms with Gasteiger partial charge in [-0.1, -0.05) is 44.5 Å². The molecule has 11 heteroatoms. The van der Waals surface area contributed by atoms with Gasteiger partial charge in [0.15, 0.2) is 0 Å². The number of carbonyl (C=O) groups excluding carboxylic acids is 2. The van der Waals surface area contributed by atoms with Crippen molar-refractivity contribution in [2.45, 2.75) is 51.6 Å². The van der Waals surface area contributed by atoms with E-state index in [9.17, 15) is 22.4 Å². The van der Waals surface area contributed by atoms with Crippen LogP contribution in [-0.2, 0) is 26.2 Å². The van der Waals surface area contributed by atoms with Crippen LogP contribution in [0.5, 0.6) is 5.75 Å². The molecule has 0 saturated heterocycles. The van der Waals surface area contributed by atoms with Crippen LogP contribution in [0.3, 0.4) is 0 Å². The number of rotatable bonds is 14. The predicted molar refractivity (Wildman–Crippen MR) is 162 cm³/mol. The van der Waals surface area contributed by atoms with Crippen LogP contribution in [0.25, 0.3) is 0 Å². The van der Waals surface area contributed by atoms with E-state index < -0.39 is 34.3 Å².